The number of ether oxygens (including phenoxy) is 1. The second kappa shape index (κ2) is 6.91. The number of aromatic amines is 1. The lowest BCUT2D eigenvalue weighted by atomic mass is 9.98. The molecule has 1 aromatic heterocycles. The predicted octanol–water partition coefficient (Wildman–Crippen LogP) is 4.55. The lowest BCUT2D eigenvalue weighted by molar-refractivity contribution is 0.0772. The van der Waals surface area contributed by atoms with Crippen molar-refractivity contribution in [3.05, 3.63) is 71.2 Å². The van der Waals surface area contributed by atoms with E-state index in [-0.39, 0.29) is 11.7 Å². The summed E-state index contributed by atoms with van der Waals surface area (Å²) in [6.45, 7) is 3.16. The Morgan fingerprint density at radius 2 is 2.07 bits per heavy atom. The van der Waals surface area contributed by atoms with Crippen LogP contribution in [0.5, 0.6) is 5.75 Å². The number of rotatable bonds is 3. The van der Waals surface area contributed by atoms with Crippen LogP contribution < -0.4 is 4.74 Å². The molecule has 5 heteroatoms. The highest BCUT2D eigenvalue weighted by Gasteiger charge is 2.21. The summed E-state index contributed by atoms with van der Waals surface area (Å²) in [7, 11) is 1.61. The first-order chi connectivity index (χ1) is 13.1. The number of amides is 1. The van der Waals surface area contributed by atoms with Crippen LogP contribution in [0.15, 0.2) is 48.7 Å². The van der Waals surface area contributed by atoms with Crippen molar-refractivity contribution in [1.82, 2.24) is 9.88 Å². The molecule has 2 heterocycles. The Bertz CT molecular complexity index is 1050. The molecule has 27 heavy (non-hydrogen) atoms. The van der Waals surface area contributed by atoms with Gasteiger partial charge in [-0.1, -0.05) is 12.1 Å². The smallest absolute Gasteiger partial charge is 0.254 e. The van der Waals surface area contributed by atoms with E-state index in [1.807, 2.05) is 30.2 Å². The van der Waals surface area contributed by atoms with Gasteiger partial charge in [0, 0.05) is 41.3 Å². The van der Waals surface area contributed by atoms with Crippen molar-refractivity contribution in [3.63, 3.8) is 0 Å². The molecular weight excluding hydrogens is 343 g/mol. The minimum atomic E-state index is -0.251. The zero-order valence-electron chi connectivity index (χ0n) is 15.4. The number of fused-ring (bicyclic) bond motifs is 1. The lowest BCUT2D eigenvalue weighted by Gasteiger charge is -2.27. The van der Waals surface area contributed by atoms with Crippen molar-refractivity contribution in [3.8, 4) is 5.75 Å². The summed E-state index contributed by atoms with van der Waals surface area (Å²) in [5.41, 5.74) is 4.69. The van der Waals surface area contributed by atoms with Crippen LogP contribution in [0.3, 0.4) is 0 Å². The van der Waals surface area contributed by atoms with Gasteiger partial charge in [0.05, 0.1) is 7.11 Å². The molecule has 0 bridgehead atoms. The number of H-pyrrole nitrogens is 1. The van der Waals surface area contributed by atoms with Gasteiger partial charge in [-0.3, -0.25) is 4.79 Å². The number of aromatic nitrogens is 1. The summed E-state index contributed by atoms with van der Waals surface area (Å²) in [5, 5.41) is 1.01. The highest BCUT2D eigenvalue weighted by molar-refractivity contribution is 5.96. The molecule has 1 amide bonds. The van der Waals surface area contributed by atoms with Crippen molar-refractivity contribution < 1.29 is 13.9 Å². The number of halogens is 1. The van der Waals surface area contributed by atoms with Gasteiger partial charge in [-0.15, -0.1) is 0 Å². The van der Waals surface area contributed by atoms with E-state index in [2.05, 4.69) is 11.1 Å². The first-order valence-electron chi connectivity index (χ1n) is 8.97. The highest BCUT2D eigenvalue weighted by atomic mass is 19.1. The Labute approximate surface area is 157 Å². The number of hydrogen-bond donors (Lipinski definition) is 1. The van der Waals surface area contributed by atoms with Crippen LogP contribution in [0.25, 0.3) is 16.5 Å². The number of nitrogens with one attached hydrogen (secondary N) is 1. The highest BCUT2D eigenvalue weighted by Crippen LogP contribution is 2.30. The Kier molecular flexibility index (Phi) is 4.44. The predicted molar refractivity (Wildman–Crippen MR) is 104 cm³/mol. The standard InChI is InChI=1S/C22H21FN2O2/c1-14-3-4-16(11-21(14)27-2)22(26)25-9-7-15(8-10-25)19-13-24-20-12-17(23)5-6-18(19)20/h3-7,11-13,24H,8-10H2,1-2H3. The number of methoxy groups -OCH3 is 1. The van der Waals surface area contributed by atoms with Crippen molar-refractivity contribution in [2.75, 3.05) is 20.2 Å². The number of carbonyl (C=O) groups excluding carboxylic acids is 1. The maximum Gasteiger partial charge on any atom is 0.254 e. The SMILES string of the molecule is COc1cc(C(=O)N2CC=C(c3c[nH]c4cc(F)ccc34)CC2)ccc1C. The maximum absolute atomic E-state index is 13.4. The molecule has 1 N–H and O–H groups in total. The molecule has 4 rings (SSSR count). The summed E-state index contributed by atoms with van der Waals surface area (Å²) >= 11 is 0. The van der Waals surface area contributed by atoms with Gasteiger partial charge < -0.3 is 14.6 Å². The van der Waals surface area contributed by atoms with Crippen LogP contribution in [-0.4, -0.2) is 36.0 Å². The van der Waals surface area contributed by atoms with Crippen LogP contribution in [-0.2, 0) is 0 Å². The van der Waals surface area contributed by atoms with E-state index >= 15 is 0 Å². The summed E-state index contributed by atoms with van der Waals surface area (Å²) < 4.78 is 18.7. The molecule has 0 saturated carbocycles. The molecule has 0 fully saturated rings. The number of nitrogens with zero attached hydrogens (tertiary/aromatic N) is 1. The van der Waals surface area contributed by atoms with Gasteiger partial charge in [0.25, 0.3) is 5.91 Å². The van der Waals surface area contributed by atoms with Gasteiger partial charge in [-0.05, 0) is 54.8 Å². The quantitative estimate of drug-likeness (QED) is 0.741. The number of hydrogen-bond acceptors (Lipinski definition) is 2. The average molecular weight is 364 g/mol. The Morgan fingerprint density at radius 1 is 1.22 bits per heavy atom. The fourth-order valence-electron chi connectivity index (χ4n) is 3.60. The summed E-state index contributed by atoms with van der Waals surface area (Å²) in [6.07, 6.45) is 4.76. The van der Waals surface area contributed by atoms with Gasteiger partial charge >= 0.3 is 0 Å². The molecule has 0 saturated heterocycles. The molecule has 0 atom stereocenters. The zero-order chi connectivity index (χ0) is 19.0. The van der Waals surface area contributed by atoms with Crippen molar-refractivity contribution in [2.24, 2.45) is 0 Å². The first-order valence-corrected chi connectivity index (χ1v) is 8.97. The van der Waals surface area contributed by atoms with Gasteiger partial charge in [-0.25, -0.2) is 4.39 Å². The Morgan fingerprint density at radius 3 is 2.81 bits per heavy atom. The second-order valence-electron chi connectivity index (χ2n) is 6.81. The van der Waals surface area contributed by atoms with Crippen molar-refractivity contribution in [1.29, 1.82) is 0 Å². The molecule has 138 valence electrons. The van der Waals surface area contributed by atoms with E-state index in [0.29, 0.717) is 18.7 Å². The van der Waals surface area contributed by atoms with Crippen LogP contribution >= 0.6 is 0 Å². The van der Waals surface area contributed by atoms with Crippen LogP contribution in [0.2, 0.25) is 0 Å². The number of benzene rings is 2. The van der Waals surface area contributed by atoms with Gasteiger partial charge in [0.15, 0.2) is 0 Å². The van der Waals surface area contributed by atoms with E-state index < -0.39 is 0 Å². The molecule has 0 radical (unpaired) electrons. The first kappa shape index (κ1) is 17.3. The molecule has 0 aliphatic carbocycles. The van der Waals surface area contributed by atoms with Gasteiger partial charge in [-0.2, -0.15) is 0 Å². The third-order valence-corrected chi connectivity index (χ3v) is 5.14. The minimum Gasteiger partial charge on any atom is -0.496 e. The Balaban J connectivity index is 1.55. The molecular formula is C22H21FN2O2. The molecule has 1 aliphatic heterocycles. The summed E-state index contributed by atoms with van der Waals surface area (Å²) in [6, 6.07) is 10.3. The average Bonchev–Trinajstić information content (AvgIpc) is 3.11. The van der Waals surface area contributed by atoms with E-state index in [9.17, 15) is 9.18 Å². The van der Waals surface area contributed by atoms with Crippen LogP contribution in [0.1, 0.15) is 27.9 Å². The molecule has 0 unspecified atom stereocenters. The van der Waals surface area contributed by atoms with Crippen molar-refractivity contribution in [2.45, 2.75) is 13.3 Å². The largest absolute Gasteiger partial charge is 0.496 e. The van der Waals surface area contributed by atoms with Crippen molar-refractivity contribution >= 4 is 22.4 Å². The van der Waals surface area contributed by atoms with Gasteiger partial charge in [0.1, 0.15) is 11.6 Å². The van der Waals surface area contributed by atoms with E-state index in [1.54, 1.807) is 19.2 Å². The van der Waals surface area contributed by atoms with Gasteiger partial charge in [0.2, 0.25) is 0 Å². The normalized spacial score (nSPS) is 14.3. The molecule has 1 aliphatic rings. The maximum atomic E-state index is 13.4. The third kappa shape index (κ3) is 3.21. The van der Waals surface area contributed by atoms with E-state index in [0.717, 1.165) is 34.2 Å². The molecule has 4 nitrogen and oxygen atoms in total. The molecule has 3 aromatic rings. The van der Waals surface area contributed by atoms with E-state index in [4.69, 9.17) is 4.74 Å². The third-order valence-electron chi connectivity index (χ3n) is 5.14. The fourth-order valence-corrected chi connectivity index (χ4v) is 3.60. The monoisotopic (exact) mass is 364 g/mol. The second-order valence-corrected chi connectivity index (χ2v) is 6.81. The summed E-state index contributed by atoms with van der Waals surface area (Å²) in [4.78, 5) is 17.8. The summed E-state index contributed by atoms with van der Waals surface area (Å²) in [5.74, 6) is 0.475. The van der Waals surface area contributed by atoms with Crippen LogP contribution in [0.4, 0.5) is 4.39 Å². The van der Waals surface area contributed by atoms with Crippen LogP contribution in [0, 0.1) is 12.7 Å². The lowest BCUT2D eigenvalue weighted by Crippen LogP contribution is -2.34. The number of carbonyl (C=O) groups is 1. The topological polar surface area (TPSA) is 45.3 Å². The zero-order valence-corrected chi connectivity index (χ0v) is 15.4. The molecule has 0 spiro atoms. The number of aryl methyl sites for hydroxylation is 1. The Hall–Kier alpha value is -3.08. The van der Waals surface area contributed by atoms with E-state index in [1.165, 1.54) is 17.7 Å². The minimum absolute atomic E-state index is 0.00426. The molecule has 2 aromatic carbocycles. The fraction of sp³-hybridized carbons (Fsp3) is 0.227.